The Hall–Kier alpha value is -2.84. The van der Waals surface area contributed by atoms with Crippen LogP contribution in [0, 0.1) is 27.7 Å². The van der Waals surface area contributed by atoms with Gasteiger partial charge in [0.05, 0.1) is 15.5 Å². The number of benzene rings is 3. The molecule has 0 atom stereocenters. The second-order valence-corrected chi connectivity index (χ2v) is 11.2. The van der Waals surface area contributed by atoms with E-state index < -0.39 is 20.0 Å². The highest BCUT2D eigenvalue weighted by Crippen LogP contribution is 2.33. The maximum Gasteiger partial charge on any atom is 0.264 e. The number of anilines is 2. The van der Waals surface area contributed by atoms with E-state index in [9.17, 15) is 16.8 Å². The van der Waals surface area contributed by atoms with E-state index in [1.807, 2.05) is 26.0 Å². The van der Waals surface area contributed by atoms with Crippen molar-refractivity contribution in [1.82, 2.24) is 0 Å². The molecule has 3 rings (SSSR count). The van der Waals surface area contributed by atoms with Crippen molar-refractivity contribution in [2.24, 2.45) is 0 Å². The first-order chi connectivity index (χ1) is 14.4. The molecule has 0 aliphatic carbocycles. The Labute approximate surface area is 184 Å². The SMILES string of the molecule is Cc1ccc(NS(=O)(=O)c2ccc(C)c(N(C)S(=O)(=O)c3ccc(C)cc3)c2C)cc1. The van der Waals surface area contributed by atoms with Gasteiger partial charge in [0.1, 0.15) is 0 Å². The van der Waals surface area contributed by atoms with Crippen LogP contribution in [0.5, 0.6) is 0 Å². The van der Waals surface area contributed by atoms with Gasteiger partial charge in [0, 0.05) is 12.7 Å². The average Bonchev–Trinajstić information content (AvgIpc) is 2.69. The zero-order valence-electron chi connectivity index (χ0n) is 18.2. The third-order valence-corrected chi connectivity index (χ3v) is 8.47. The van der Waals surface area contributed by atoms with Crippen LogP contribution in [0.15, 0.2) is 70.5 Å². The maximum absolute atomic E-state index is 13.2. The lowest BCUT2D eigenvalue weighted by Crippen LogP contribution is -2.28. The predicted octanol–water partition coefficient (Wildman–Crippen LogP) is 4.55. The van der Waals surface area contributed by atoms with E-state index in [0.29, 0.717) is 22.5 Å². The molecule has 1 N–H and O–H groups in total. The normalized spacial score (nSPS) is 11.9. The van der Waals surface area contributed by atoms with E-state index in [2.05, 4.69) is 4.72 Å². The number of hydrogen-bond donors (Lipinski definition) is 1. The first-order valence-corrected chi connectivity index (χ1v) is 12.6. The minimum absolute atomic E-state index is 0.0274. The van der Waals surface area contributed by atoms with Crippen LogP contribution in [0.2, 0.25) is 0 Å². The van der Waals surface area contributed by atoms with Gasteiger partial charge in [0.2, 0.25) is 0 Å². The summed E-state index contributed by atoms with van der Waals surface area (Å²) in [5.41, 5.74) is 3.76. The van der Waals surface area contributed by atoms with Crippen molar-refractivity contribution < 1.29 is 16.8 Å². The van der Waals surface area contributed by atoms with Gasteiger partial charge < -0.3 is 0 Å². The van der Waals surface area contributed by atoms with Gasteiger partial charge in [0.15, 0.2) is 0 Å². The Balaban J connectivity index is 2.06. The van der Waals surface area contributed by atoms with Crippen LogP contribution in [0.4, 0.5) is 11.4 Å². The first-order valence-electron chi connectivity index (χ1n) is 9.69. The summed E-state index contributed by atoms with van der Waals surface area (Å²) in [6.45, 7) is 7.17. The molecule has 0 amide bonds. The van der Waals surface area contributed by atoms with E-state index in [-0.39, 0.29) is 9.79 Å². The van der Waals surface area contributed by atoms with E-state index in [4.69, 9.17) is 0 Å². The molecule has 0 saturated carbocycles. The van der Waals surface area contributed by atoms with Crippen molar-refractivity contribution in [3.8, 4) is 0 Å². The predicted molar refractivity (Wildman–Crippen MR) is 125 cm³/mol. The average molecular weight is 459 g/mol. The standard InChI is InChI=1S/C23H26N2O4S2/c1-16-6-11-20(12-7-16)24-30(26,27)22-15-10-18(3)23(19(22)4)25(5)31(28,29)21-13-8-17(2)9-14-21/h6-15,24H,1-5H3. The second-order valence-electron chi connectivity index (χ2n) is 7.61. The van der Waals surface area contributed by atoms with Gasteiger partial charge in [0.25, 0.3) is 20.0 Å². The highest BCUT2D eigenvalue weighted by Gasteiger charge is 2.27. The molecule has 0 radical (unpaired) electrons. The minimum atomic E-state index is -3.92. The fraction of sp³-hybridized carbons (Fsp3) is 0.217. The largest absolute Gasteiger partial charge is 0.280 e. The van der Waals surface area contributed by atoms with E-state index in [1.54, 1.807) is 56.3 Å². The van der Waals surface area contributed by atoms with Crippen molar-refractivity contribution in [1.29, 1.82) is 0 Å². The van der Waals surface area contributed by atoms with Gasteiger partial charge in [-0.25, -0.2) is 16.8 Å². The monoisotopic (exact) mass is 458 g/mol. The molecule has 0 aromatic heterocycles. The van der Waals surface area contributed by atoms with Crippen LogP contribution in [0.25, 0.3) is 0 Å². The number of nitrogens with zero attached hydrogens (tertiary/aromatic N) is 1. The third-order valence-electron chi connectivity index (χ3n) is 5.17. The molecule has 3 aromatic rings. The summed E-state index contributed by atoms with van der Waals surface area (Å²) in [5, 5.41) is 0. The smallest absolute Gasteiger partial charge is 0.264 e. The number of hydrogen-bond acceptors (Lipinski definition) is 4. The summed E-state index contributed by atoms with van der Waals surface area (Å²) in [6.07, 6.45) is 0. The molecule has 3 aromatic carbocycles. The fourth-order valence-electron chi connectivity index (χ4n) is 3.41. The molecule has 164 valence electrons. The molecule has 0 bridgehead atoms. The molecule has 0 saturated heterocycles. The lowest BCUT2D eigenvalue weighted by atomic mass is 10.1. The van der Waals surface area contributed by atoms with Crippen molar-refractivity contribution in [3.05, 3.63) is 82.9 Å². The topological polar surface area (TPSA) is 83.6 Å². The Kier molecular flexibility index (Phi) is 6.16. The van der Waals surface area contributed by atoms with Gasteiger partial charge in [-0.3, -0.25) is 9.03 Å². The van der Waals surface area contributed by atoms with E-state index >= 15 is 0 Å². The van der Waals surface area contributed by atoms with Gasteiger partial charge in [-0.15, -0.1) is 0 Å². The van der Waals surface area contributed by atoms with Gasteiger partial charge >= 0.3 is 0 Å². The summed E-state index contributed by atoms with van der Waals surface area (Å²) < 4.78 is 56.2. The molecular weight excluding hydrogens is 432 g/mol. The number of aryl methyl sites for hydroxylation is 3. The highest BCUT2D eigenvalue weighted by molar-refractivity contribution is 7.93. The van der Waals surface area contributed by atoms with Crippen LogP contribution < -0.4 is 9.03 Å². The molecule has 0 unspecified atom stereocenters. The summed E-state index contributed by atoms with van der Waals surface area (Å²) in [4.78, 5) is 0.171. The molecule has 0 spiro atoms. The van der Waals surface area contributed by atoms with Gasteiger partial charge in [-0.2, -0.15) is 0 Å². The van der Waals surface area contributed by atoms with Crippen LogP contribution in [-0.4, -0.2) is 23.9 Å². The molecule has 0 aliphatic heterocycles. The van der Waals surface area contributed by atoms with Crippen molar-refractivity contribution in [2.45, 2.75) is 37.5 Å². The van der Waals surface area contributed by atoms with Gasteiger partial charge in [-0.05, 0) is 69.2 Å². The van der Waals surface area contributed by atoms with Crippen LogP contribution >= 0.6 is 0 Å². The zero-order valence-corrected chi connectivity index (χ0v) is 19.8. The molecule has 31 heavy (non-hydrogen) atoms. The summed E-state index contributed by atoms with van der Waals surface area (Å²) in [7, 11) is -6.34. The summed E-state index contributed by atoms with van der Waals surface area (Å²) in [6, 6.07) is 16.7. The third kappa shape index (κ3) is 4.60. The first kappa shape index (κ1) is 22.8. The Bertz CT molecular complexity index is 1310. The molecule has 0 heterocycles. The van der Waals surface area contributed by atoms with Crippen LogP contribution in [-0.2, 0) is 20.0 Å². The number of nitrogens with one attached hydrogen (secondary N) is 1. The lowest BCUT2D eigenvalue weighted by molar-refractivity contribution is 0.592. The van der Waals surface area contributed by atoms with Crippen molar-refractivity contribution in [2.75, 3.05) is 16.1 Å². The Morgan fingerprint density at radius 1 is 0.710 bits per heavy atom. The molecule has 6 nitrogen and oxygen atoms in total. The Morgan fingerprint density at radius 3 is 1.77 bits per heavy atom. The minimum Gasteiger partial charge on any atom is -0.280 e. The van der Waals surface area contributed by atoms with Crippen molar-refractivity contribution >= 4 is 31.4 Å². The fourth-order valence-corrected chi connectivity index (χ4v) is 6.03. The van der Waals surface area contributed by atoms with Crippen LogP contribution in [0.3, 0.4) is 0 Å². The highest BCUT2D eigenvalue weighted by atomic mass is 32.2. The summed E-state index contributed by atoms with van der Waals surface area (Å²) in [5.74, 6) is 0. The van der Waals surface area contributed by atoms with Gasteiger partial charge in [-0.1, -0.05) is 41.5 Å². The Morgan fingerprint density at radius 2 is 1.23 bits per heavy atom. The molecule has 8 heteroatoms. The molecular formula is C23H26N2O4S2. The lowest BCUT2D eigenvalue weighted by Gasteiger charge is -2.25. The summed E-state index contributed by atoms with van der Waals surface area (Å²) >= 11 is 0. The van der Waals surface area contributed by atoms with Crippen molar-refractivity contribution in [3.63, 3.8) is 0 Å². The number of sulfonamides is 2. The second kappa shape index (κ2) is 8.36. The molecule has 0 fully saturated rings. The number of rotatable bonds is 6. The van der Waals surface area contributed by atoms with E-state index in [0.717, 1.165) is 15.4 Å². The van der Waals surface area contributed by atoms with E-state index in [1.165, 1.54) is 13.1 Å². The zero-order chi connectivity index (χ0) is 23.0. The quantitative estimate of drug-likeness (QED) is 0.588. The molecule has 0 aliphatic rings. The maximum atomic E-state index is 13.2. The van der Waals surface area contributed by atoms with Crippen LogP contribution in [0.1, 0.15) is 22.3 Å².